The molecule has 41 heavy (non-hydrogen) atoms. The van der Waals surface area contributed by atoms with Crippen LogP contribution in [0, 0.1) is 13.8 Å². The van der Waals surface area contributed by atoms with E-state index in [1.54, 1.807) is 6.92 Å². The lowest BCUT2D eigenvalue weighted by atomic mass is 9.88. The number of nitrogens with one attached hydrogen (secondary N) is 2. The van der Waals surface area contributed by atoms with E-state index in [1.807, 2.05) is 32.0 Å². The number of hydrogen-bond acceptors (Lipinski definition) is 6. The number of nitrogens with zero attached hydrogens (tertiary/aromatic N) is 2. The number of carbonyl (C=O) groups excluding carboxylic acids is 3. The highest BCUT2D eigenvalue weighted by molar-refractivity contribution is 6.23. The molecule has 0 radical (unpaired) electrons. The van der Waals surface area contributed by atoms with Gasteiger partial charge in [0, 0.05) is 68.5 Å². The van der Waals surface area contributed by atoms with E-state index < -0.39 is 11.9 Å². The number of rotatable bonds is 3. The Morgan fingerprint density at radius 1 is 0.878 bits per heavy atom. The molecule has 0 spiro atoms. The van der Waals surface area contributed by atoms with Gasteiger partial charge in [0.05, 0.1) is 23.8 Å². The summed E-state index contributed by atoms with van der Waals surface area (Å²) in [5.74, 6) is -1.64. The number of carbonyl (C=O) groups is 3. The fourth-order valence-corrected chi connectivity index (χ4v) is 7.06. The smallest absolute Gasteiger partial charge is 0.321 e. The van der Waals surface area contributed by atoms with E-state index in [0.717, 1.165) is 51.2 Å². The van der Waals surface area contributed by atoms with Gasteiger partial charge >= 0.3 is 5.97 Å². The highest BCUT2D eigenvalue weighted by Gasteiger charge is 2.44. The Bertz CT molecular complexity index is 1830. The topological polar surface area (TPSA) is 118 Å². The molecule has 2 aliphatic heterocycles. The number of ketones is 2. The van der Waals surface area contributed by atoms with Crippen molar-refractivity contribution in [3.8, 4) is 0 Å². The van der Waals surface area contributed by atoms with Gasteiger partial charge in [-0.15, -0.1) is 0 Å². The van der Waals surface area contributed by atoms with E-state index in [0.29, 0.717) is 27.9 Å². The third kappa shape index (κ3) is 3.83. The molecular weight excluding hydrogens is 516 g/mol. The molecule has 0 saturated carbocycles. The summed E-state index contributed by atoms with van der Waals surface area (Å²) in [5, 5.41) is 0. The van der Waals surface area contributed by atoms with Crippen LogP contribution >= 0.6 is 0 Å². The number of H-pyrrole nitrogens is 2. The largest absolute Gasteiger partial charge is 0.468 e. The summed E-state index contributed by atoms with van der Waals surface area (Å²) in [6.45, 7) is 13.9. The molecule has 0 amide bonds. The van der Waals surface area contributed by atoms with E-state index in [-0.39, 0.29) is 35.2 Å². The highest BCUT2D eigenvalue weighted by Crippen LogP contribution is 2.46. The van der Waals surface area contributed by atoms with Crippen molar-refractivity contribution in [3.63, 3.8) is 0 Å². The Kier molecular flexibility index (Phi) is 6.28. The number of hydrogen-bond donors (Lipinski definition) is 2. The van der Waals surface area contributed by atoms with E-state index in [2.05, 4.69) is 37.7 Å². The molecule has 1 aliphatic carbocycles. The van der Waals surface area contributed by atoms with E-state index in [9.17, 15) is 14.4 Å². The van der Waals surface area contributed by atoms with Crippen molar-refractivity contribution in [1.82, 2.24) is 19.9 Å². The zero-order valence-electron chi connectivity index (χ0n) is 24.9. The summed E-state index contributed by atoms with van der Waals surface area (Å²) in [6.07, 6.45) is 0.890. The first-order valence-electron chi connectivity index (χ1n) is 14.4. The van der Waals surface area contributed by atoms with Crippen LogP contribution in [0.2, 0.25) is 0 Å². The Hall–Kier alpha value is -4.07. The van der Waals surface area contributed by atoms with E-state index in [1.165, 1.54) is 7.11 Å². The van der Waals surface area contributed by atoms with Crippen molar-refractivity contribution in [2.75, 3.05) is 7.11 Å². The van der Waals surface area contributed by atoms with Crippen molar-refractivity contribution in [3.05, 3.63) is 68.8 Å². The van der Waals surface area contributed by atoms with Gasteiger partial charge in [0.25, 0.3) is 0 Å². The number of fused-ring (bicyclic) bond motifs is 8. The molecule has 5 atom stereocenters. The zero-order valence-corrected chi connectivity index (χ0v) is 24.9. The van der Waals surface area contributed by atoms with Crippen LogP contribution in [-0.4, -0.2) is 44.6 Å². The molecule has 8 nitrogen and oxygen atoms in total. The van der Waals surface area contributed by atoms with Gasteiger partial charge in [0.1, 0.15) is 5.92 Å². The molecule has 3 aromatic heterocycles. The van der Waals surface area contributed by atoms with Crippen molar-refractivity contribution < 1.29 is 19.1 Å². The van der Waals surface area contributed by atoms with Crippen LogP contribution in [0.25, 0.3) is 22.1 Å². The molecule has 2 N–H and O–H groups in total. The van der Waals surface area contributed by atoms with Crippen LogP contribution in [0.1, 0.15) is 131 Å². The highest BCUT2D eigenvalue weighted by atomic mass is 16.5. The van der Waals surface area contributed by atoms with Crippen molar-refractivity contribution in [2.24, 2.45) is 0 Å². The third-order valence-corrected chi connectivity index (χ3v) is 9.66. The van der Waals surface area contributed by atoms with Gasteiger partial charge in [-0.25, -0.2) is 0 Å². The van der Waals surface area contributed by atoms with Crippen molar-refractivity contribution >= 4 is 39.6 Å². The van der Waals surface area contributed by atoms with Gasteiger partial charge < -0.3 is 14.7 Å². The maximum atomic E-state index is 13.8. The van der Waals surface area contributed by atoms with Gasteiger partial charge in [-0.2, -0.15) is 0 Å². The van der Waals surface area contributed by atoms with Gasteiger partial charge in [-0.3, -0.25) is 24.4 Å². The average Bonchev–Trinajstić information content (AvgIpc) is 3.66. The molecule has 0 saturated heterocycles. The first-order valence-corrected chi connectivity index (χ1v) is 14.4. The maximum absolute atomic E-state index is 13.8. The van der Waals surface area contributed by atoms with Crippen molar-refractivity contribution in [2.45, 2.75) is 84.5 Å². The van der Waals surface area contributed by atoms with Crippen LogP contribution in [0.4, 0.5) is 0 Å². The number of Topliss-reactive ketones (excluding diaryl/α,β-unsaturated/α-hetero) is 2. The second-order valence-electron chi connectivity index (χ2n) is 11.9. The third-order valence-electron chi connectivity index (χ3n) is 9.66. The lowest BCUT2D eigenvalue weighted by Gasteiger charge is -2.14. The van der Waals surface area contributed by atoms with Crippen LogP contribution in [0.15, 0.2) is 18.2 Å². The van der Waals surface area contributed by atoms with Gasteiger partial charge in [-0.05, 0) is 56.5 Å². The standard InChI is InChI=1S/C33H36N4O4/c1-9-19-15(4)21-12-25-26(18(7)38)16(5)22(35-25)10-20-13(2)14(3)30(36-20)28-29(33(40)41-8)32(39)27-17(6)23(37-31(27)28)11-24(19)34-21/h10-15,19,29,35,37H,9H2,1-8H3/t13-,14?,15+,19+,29+/m0/s1. The molecule has 5 heterocycles. The van der Waals surface area contributed by atoms with E-state index in [4.69, 9.17) is 14.7 Å². The summed E-state index contributed by atoms with van der Waals surface area (Å²) in [6, 6.07) is 6.04. The Morgan fingerprint density at radius 2 is 1.51 bits per heavy atom. The summed E-state index contributed by atoms with van der Waals surface area (Å²) < 4.78 is 5.12. The monoisotopic (exact) mass is 552 g/mol. The minimum Gasteiger partial charge on any atom is -0.468 e. The van der Waals surface area contributed by atoms with Crippen LogP contribution < -0.4 is 0 Å². The SMILES string of the molecule is CC[C@H]1c2cc3[nH]c4c(c3C)C(=O)[C@H](C(=O)OC)c4c3nc(cc4[nH]c(cc(n2)[C@@H]1C)c(C(C)=O)c4C)[C@@H](C)C3C. The zero-order chi connectivity index (χ0) is 29.5. The maximum Gasteiger partial charge on any atom is 0.321 e. The summed E-state index contributed by atoms with van der Waals surface area (Å²) in [7, 11) is 1.31. The predicted molar refractivity (Wildman–Crippen MR) is 158 cm³/mol. The molecule has 8 heteroatoms. The van der Waals surface area contributed by atoms with Crippen LogP contribution in [-0.2, 0) is 9.53 Å². The lowest BCUT2D eigenvalue weighted by molar-refractivity contribution is -0.141. The first-order chi connectivity index (χ1) is 19.5. The average molecular weight is 553 g/mol. The van der Waals surface area contributed by atoms with Gasteiger partial charge in [0.2, 0.25) is 0 Å². The van der Waals surface area contributed by atoms with Crippen LogP contribution in [0.3, 0.4) is 0 Å². The molecular formula is C33H36N4O4. The summed E-state index contributed by atoms with van der Waals surface area (Å²) in [5.41, 5.74) is 9.82. The van der Waals surface area contributed by atoms with Gasteiger partial charge in [-0.1, -0.05) is 27.7 Å². The minimum atomic E-state index is -1.06. The molecule has 0 aromatic carbocycles. The molecule has 1 unspecified atom stereocenters. The lowest BCUT2D eigenvalue weighted by Crippen LogP contribution is -2.21. The fraction of sp³-hybridized carbons (Fsp3) is 0.424. The Morgan fingerprint density at radius 3 is 2.17 bits per heavy atom. The number of aryl methyl sites for hydroxylation is 2. The second kappa shape index (κ2) is 9.50. The first kappa shape index (κ1) is 27.1. The number of aromatic amines is 2. The van der Waals surface area contributed by atoms with Crippen molar-refractivity contribution in [1.29, 1.82) is 0 Å². The second-order valence-corrected chi connectivity index (χ2v) is 11.9. The number of aromatic nitrogens is 4. The molecule has 6 rings (SSSR count). The molecule has 8 bridgehead atoms. The van der Waals surface area contributed by atoms with Gasteiger partial charge in [0.15, 0.2) is 11.6 Å². The summed E-state index contributed by atoms with van der Waals surface area (Å²) >= 11 is 0. The predicted octanol–water partition coefficient (Wildman–Crippen LogP) is 6.79. The quantitative estimate of drug-likeness (QED) is 0.210. The molecule has 0 fully saturated rings. The van der Waals surface area contributed by atoms with Crippen LogP contribution in [0.5, 0.6) is 0 Å². The number of ether oxygens (including phenoxy) is 1. The Labute approximate surface area is 239 Å². The minimum absolute atomic E-state index is 0.0126. The number of methoxy groups -OCH3 is 1. The summed E-state index contributed by atoms with van der Waals surface area (Å²) in [4.78, 5) is 56.8. The fourth-order valence-electron chi connectivity index (χ4n) is 7.06. The normalized spacial score (nSPS) is 23.2. The number of esters is 1. The molecule has 212 valence electrons. The molecule has 3 aliphatic rings. The Balaban J connectivity index is 1.83. The molecule has 3 aromatic rings. The van der Waals surface area contributed by atoms with E-state index >= 15 is 0 Å².